The van der Waals surface area contributed by atoms with Crippen molar-refractivity contribution in [3.63, 3.8) is 0 Å². The fraction of sp³-hybridized carbons (Fsp3) is 0.833. The predicted octanol–water partition coefficient (Wildman–Crippen LogP) is 4.57. The van der Waals surface area contributed by atoms with Crippen molar-refractivity contribution in [3.05, 3.63) is 0 Å². The highest BCUT2D eigenvalue weighted by atomic mass is 28.4. The van der Waals surface area contributed by atoms with Crippen LogP contribution in [0.5, 0.6) is 0 Å². The standard InChI is InChI=1S/C12H23BF3OSi/c1-12(2,3)18(4,5)17-11-9-7-6-8-10-13(14,15)16/h6-7,9,11H2,1-5H3/q-1. The number of unbranched alkanes of at least 4 members (excludes halogenated alkanes) is 2. The molecular weight excluding hydrogens is 256 g/mol. The van der Waals surface area contributed by atoms with Gasteiger partial charge in [0.1, 0.15) is 0 Å². The maximum atomic E-state index is 11.8. The SMILES string of the molecule is CC(C)(C)[Si](C)(C)OCCCCC#C[B-](F)(F)F. The summed E-state index contributed by atoms with van der Waals surface area (Å²) in [5.41, 5.74) is 0. The minimum absolute atomic E-state index is 0.172. The Kier molecular flexibility index (Phi) is 6.52. The Bertz CT molecular complexity index is 310. The van der Waals surface area contributed by atoms with Gasteiger partial charge in [0.2, 0.25) is 0 Å². The highest BCUT2D eigenvalue weighted by molar-refractivity contribution is 6.74. The van der Waals surface area contributed by atoms with Gasteiger partial charge in [-0.15, -0.1) is 5.92 Å². The van der Waals surface area contributed by atoms with Gasteiger partial charge in [0.05, 0.1) is 0 Å². The van der Waals surface area contributed by atoms with Crippen LogP contribution in [-0.2, 0) is 4.43 Å². The second-order valence-corrected chi connectivity index (χ2v) is 10.8. The van der Waals surface area contributed by atoms with Crippen LogP contribution in [0.25, 0.3) is 0 Å². The summed E-state index contributed by atoms with van der Waals surface area (Å²) in [6, 6.07) is 0. The molecule has 0 amide bonds. The molecule has 0 aromatic rings. The summed E-state index contributed by atoms with van der Waals surface area (Å²) in [7, 11) is -1.72. The Hall–Kier alpha value is -0.408. The molecule has 0 spiro atoms. The summed E-state index contributed by atoms with van der Waals surface area (Å²) in [5.74, 6) is 3.50. The molecule has 0 aromatic carbocycles. The molecule has 0 saturated heterocycles. The third kappa shape index (κ3) is 7.83. The molecule has 0 atom stereocenters. The van der Waals surface area contributed by atoms with Crippen LogP contribution in [0.15, 0.2) is 0 Å². The zero-order valence-corrected chi connectivity index (χ0v) is 12.9. The second kappa shape index (κ2) is 6.67. The third-order valence-corrected chi connectivity index (χ3v) is 7.77. The van der Waals surface area contributed by atoms with E-state index in [0.717, 1.165) is 6.42 Å². The van der Waals surface area contributed by atoms with Gasteiger partial charge in [-0.3, -0.25) is 0 Å². The Morgan fingerprint density at radius 3 is 2.11 bits per heavy atom. The molecule has 18 heavy (non-hydrogen) atoms. The molecule has 106 valence electrons. The molecule has 0 aliphatic rings. The van der Waals surface area contributed by atoms with Crippen molar-refractivity contribution in [1.29, 1.82) is 0 Å². The van der Waals surface area contributed by atoms with E-state index in [9.17, 15) is 12.9 Å². The van der Waals surface area contributed by atoms with E-state index in [-0.39, 0.29) is 5.04 Å². The largest absolute Gasteiger partial charge is 0.557 e. The van der Waals surface area contributed by atoms with Gasteiger partial charge >= 0.3 is 6.98 Å². The van der Waals surface area contributed by atoms with Gasteiger partial charge in [-0.05, 0) is 31.0 Å². The van der Waals surface area contributed by atoms with Crippen molar-refractivity contribution in [2.45, 2.75) is 58.2 Å². The fourth-order valence-corrected chi connectivity index (χ4v) is 2.13. The summed E-state index contributed by atoms with van der Waals surface area (Å²) >= 11 is 0. The van der Waals surface area contributed by atoms with Crippen molar-refractivity contribution < 1.29 is 17.4 Å². The molecule has 6 heteroatoms. The number of halogens is 3. The second-order valence-electron chi connectivity index (χ2n) is 5.96. The quantitative estimate of drug-likeness (QED) is 0.407. The molecule has 0 aromatic heterocycles. The molecule has 0 rings (SSSR count). The molecule has 0 heterocycles. The maximum absolute atomic E-state index is 11.8. The van der Waals surface area contributed by atoms with Crippen LogP contribution in [0, 0.1) is 11.7 Å². The first-order valence-electron chi connectivity index (χ1n) is 6.29. The Labute approximate surface area is 110 Å². The molecule has 0 aliphatic carbocycles. The summed E-state index contributed by atoms with van der Waals surface area (Å²) < 4.78 is 41.3. The average molecular weight is 279 g/mol. The van der Waals surface area contributed by atoms with Crippen LogP contribution in [0.2, 0.25) is 18.1 Å². The summed E-state index contributed by atoms with van der Waals surface area (Å²) in [6.45, 7) is 6.49. The van der Waals surface area contributed by atoms with Crippen molar-refractivity contribution in [2.75, 3.05) is 6.61 Å². The van der Waals surface area contributed by atoms with Gasteiger partial charge in [-0.25, -0.2) is 5.82 Å². The predicted molar refractivity (Wildman–Crippen MR) is 73.9 cm³/mol. The van der Waals surface area contributed by atoms with Gasteiger partial charge in [-0.2, -0.15) is 0 Å². The molecule has 0 aliphatic heterocycles. The first-order chi connectivity index (χ1) is 7.96. The Morgan fingerprint density at radius 2 is 1.67 bits per heavy atom. The molecule has 0 saturated carbocycles. The molecular formula is C12H23BF3OSi-. The van der Waals surface area contributed by atoms with Crippen molar-refractivity contribution in [2.24, 2.45) is 0 Å². The zero-order chi connectivity index (χ0) is 14.4. The molecule has 0 fully saturated rings. The van der Waals surface area contributed by atoms with Crippen LogP contribution >= 0.6 is 0 Å². The lowest BCUT2D eigenvalue weighted by Gasteiger charge is -2.36. The molecule has 0 radical (unpaired) electrons. The monoisotopic (exact) mass is 279 g/mol. The third-order valence-electron chi connectivity index (χ3n) is 3.23. The van der Waals surface area contributed by atoms with Crippen LogP contribution in [0.1, 0.15) is 40.0 Å². The lowest BCUT2D eigenvalue weighted by atomic mass is 9.94. The first kappa shape index (κ1) is 17.6. The van der Waals surface area contributed by atoms with E-state index in [2.05, 4.69) is 39.8 Å². The summed E-state index contributed by atoms with van der Waals surface area (Å²) in [5, 5.41) is 0.172. The molecule has 1 nitrogen and oxygen atoms in total. The highest BCUT2D eigenvalue weighted by Gasteiger charge is 2.36. The van der Waals surface area contributed by atoms with E-state index in [4.69, 9.17) is 4.43 Å². The van der Waals surface area contributed by atoms with Gasteiger partial charge in [-0.1, -0.05) is 20.8 Å². The number of hydrogen-bond acceptors (Lipinski definition) is 1. The smallest absolute Gasteiger partial charge is 0.438 e. The van der Waals surface area contributed by atoms with E-state index in [1.807, 2.05) is 0 Å². The topological polar surface area (TPSA) is 9.23 Å². The van der Waals surface area contributed by atoms with Gasteiger partial charge < -0.3 is 17.4 Å². The summed E-state index contributed by atoms with van der Waals surface area (Å²) in [4.78, 5) is 0. The van der Waals surface area contributed by atoms with E-state index in [1.165, 1.54) is 5.82 Å². The van der Waals surface area contributed by atoms with Crippen LogP contribution in [0.3, 0.4) is 0 Å². The normalized spacial score (nSPS) is 13.1. The molecule has 0 unspecified atom stereocenters. The van der Waals surface area contributed by atoms with E-state index in [0.29, 0.717) is 19.4 Å². The maximum Gasteiger partial charge on any atom is 0.557 e. The minimum atomic E-state index is -4.95. The van der Waals surface area contributed by atoms with Crippen molar-refractivity contribution in [1.82, 2.24) is 0 Å². The van der Waals surface area contributed by atoms with Crippen molar-refractivity contribution in [3.8, 4) is 11.7 Å². The first-order valence-corrected chi connectivity index (χ1v) is 9.20. The molecule has 0 N–H and O–H groups in total. The average Bonchev–Trinajstić information content (AvgIpc) is 2.12. The van der Waals surface area contributed by atoms with Crippen molar-refractivity contribution >= 4 is 15.3 Å². The highest BCUT2D eigenvalue weighted by Crippen LogP contribution is 2.36. The van der Waals surface area contributed by atoms with Gasteiger partial charge in [0, 0.05) is 13.0 Å². The number of rotatable bonds is 5. The Morgan fingerprint density at radius 1 is 1.11 bits per heavy atom. The molecule has 0 bridgehead atoms. The lowest BCUT2D eigenvalue weighted by molar-refractivity contribution is 0.280. The van der Waals surface area contributed by atoms with E-state index in [1.54, 1.807) is 0 Å². The minimum Gasteiger partial charge on any atom is -0.438 e. The van der Waals surface area contributed by atoms with Gasteiger partial charge in [0.25, 0.3) is 0 Å². The van der Waals surface area contributed by atoms with Crippen LogP contribution < -0.4 is 0 Å². The van der Waals surface area contributed by atoms with E-state index >= 15 is 0 Å². The number of hydrogen-bond donors (Lipinski definition) is 0. The van der Waals surface area contributed by atoms with E-state index < -0.39 is 15.3 Å². The van der Waals surface area contributed by atoms with Crippen LogP contribution in [-0.4, -0.2) is 21.9 Å². The Balaban J connectivity index is 3.79. The fourth-order valence-electron chi connectivity index (χ4n) is 1.05. The van der Waals surface area contributed by atoms with Crippen LogP contribution in [0.4, 0.5) is 12.9 Å². The van der Waals surface area contributed by atoms with Gasteiger partial charge in [0.15, 0.2) is 8.32 Å². The zero-order valence-electron chi connectivity index (χ0n) is 11.9. The lowest BCUT2D eigenvalue weighted by Crippen LogP contribution is -2.40. The summed E-state index contributed by atoms with van der Waals surface area (Å²) in [6.07, 6.45) is 1.72.